The Kier molecular flexibility index (Phi) is 2.27. The minimum atomic E-state index is -0.188. The number of benzene rings is 2. The van der Waals surface area contributed by atoms with Gasteiger partial charge in [-0.2, -0.15) is 0 Å². The number of rotatable bonds is 1. The molecule has 0 fully saturated rings. The van der Waals surface area contributed by atoms with Crippen LogP contribution in [0.5, 0.6) is 5.75 Å². The van der Waals surface area contributed by atoms with Crippen molar-refractivity contribution < 1.29 is 14.3 Å². The van der Waals surface area contributed by atoms with Crippen molar-refractivity contribution in [3.05, 3.63) is 53.6 Å². The lowest BCUT2D eigenvalue weighted by molar-refractivity contribution is 0.0992. The van der Waals surface area contributed by atoms with E-state index in [0.29, 0.717) is 16.9 Å². The fraction of sp³-hybridized carbons (Fsp3) is 0.0667. The van der Waals surface area contributed by atoms with Crippen LogP contribution in [0.15, 0.2) is 42.5 Å². The average molecular weight is 238 g/mol. The van der Waals surface area contributed by atoms with Gasteiger partial charge in [-0.1, -0.05) is 24.3 Å². The second-order valence-corrected chi connectivity index (χ2v) is 4.12. The molecule has 18 heavy (non-hydrogen) atoms. The Bertz CT molecular complexity index is 711. The highest BCUT2D eigenvalue weighted by molar-refractivity contribution is 6.25. The van der Waals surface area contributed by atoms with Gasteiger partial charge in [-0.3, -0.25) is 9.59 Å². The van der Waals surface area contributed by atoms with Crippen molar-refractivity contribution in [3.8, 4) is 5.75 Å². The predicted octanol–water partition coefficient (Wildman–Crippen LogP) is 2.78. The molecule has 0 atom stereocenters. The monoisotopic (exact) mass is 238 g/mol. The molecular formula is C15H10O3. The highest BCUT2D eigenvalue weighted by atomic mass is 16.5. The van der Waals surface area contributed by atoms with Crippen LogP contribution in [0, 0.1) is 0 Å². The molecule has 0 N–H and O–H groups in total. The summed E-state index contributed by atoms with van der Waals surface area (Å²) in [6.45, 7) is 0. The van der Waals surface area contributed by atoms with Crippen LogP contribution >= 0.6 is 0 Å². The zero-order valence-electron chi connectivity index (χ0n) is 9.77. The van der Waals surface area contributed by atoms with Crippen LogP contribution in [0.4, 0.5) is 0 Å². The van der Waals surface area contributed by atoms with Crippen LogP contribution < -0.4 is 4.74 Å². The highest BCUT2D eigenvalue weighted by Crippen LogP contribution is 2.35. The Morgan fingerprint density at radius 1 is 1.00 bits per heavy atom. The first-order chi connectivity index (χ1) is 8.72. The first kappa shape index (κ1) is 10.7. The Labute approximate surface area is 104 Å². The summed E-state index contributed by atoms with van der Waals surface area (Å²) in [4.78, 5) is 23.8. The maximum atomic E-state index is 11.9. The van der Waals surface area contributed by atoms with E-state index in [2.05, 4.69) is 0 Å². The van der Waals surface area contributed by atoms with Gasteiger partial charge in [0.05, 0.1) is 12.7 Å². The number of ether oxygens (including phenoxy) is 1. The number of ketones is 2. The van der Waals surface area contributed by atoms with Gasteiger partial charge < -0.3 is 4.74 Å². The standard InChI is InChI=1S/C15H10O3/c1-18-15-10-5-3-2-4-9(10)8-11-12(16)6-7-13(17)14(11)15/h2-8H,1H3. The first-order valence-corrected chi connectivity index (χ1v) is 5.59. The van der Waals surface area contributed by atoms with Crippen molar-refractivity contribution in [1.82, 2.24) is 0 Å². The van der Waals surface area contributed by atoms with Crippen molar-refractivity contribution in [1.29, 1.82) is 0 Å². The van der Waals surface area contributed by atoms with Crippen LogP contribution in [-0.4, -0.2) is 18.7 Å². The summed E-state index contributed by atoms with van der Waals surface area (Å²) in [6, 6.07) is 9.29. The second kappa shape index (κ2) is 3.81. The van der Waals surface area contributed by atoms with Gasteiger partial charge in [-0.25, -0.2) is 0 Å². The Balaban J connectivity index is 2.48. The van der Waals surface area contributed by atoms with Gasteiger partial charge in [0.25, 0.3) is 0 Å². The van der Waals surface area contributed by atoms with E-state index in [1.807, 2.05) is 24.3 Å². The molecule has 1 aliphatic carbocycles. The van der Waals surface area contributed by atoms with Crippen molar-refractivity contribution in [2.45, 2.75) is 0 Å². The topological polar surface area (TPSA) is 43.4 Å². The van der Waals surface area contributed by atoms with Crippen LogP contribution in [0.25, 0.3) is 10.8 Å². The molecule has 0 aromatic heterocycles. The van der Waals surface area contributed by atoms with Crippen LogP contribution in [0.2, 0.25) is 0 Å². The molecule has 3 rings (SSSR count). The van der Waals surface area contributed by atoms with E-state index in [1.165, 1.54) is 19.3 Å². The molecule has 0 radical (unpaired) electrons. The van der Waals surface area contributed by atoms with Gasteiger partial charge in [0, 0.05) is 10.9 Å². The number of hydrogen-bond acceptors (Lipinski definition) is 3. The molecule has 1 aliphatic rings. The molecule has 2 aromatic rings. The van der Waals surface area contributed by atoms with E-state index in [9.17, 15) is 9.59 Å². The number of hydrogen-bond donors (Lipinski definition) is 0. The van der Waals surface area contributed by atoms with Crippen LogP contribution in [0.3, 0.4) is 0 Å². The number of methoxy groups -OCH3 is 1. The molecule has 0 heterocycles. The van der Waals surface area contributed by atoms with Crippen LogP contribution in [0.1, 0.15) is 20.7 Å². The second-order valence-electron chi connectivity index (χ2n) is 4.12. The normalized spacial score (nSPS) is 13.8. The van der Waals surface area contributed by atoms with Gasteiger partial charge in [0.2, 0.25) is 0 Å². The fourth-order valence-electron chi connectivity index (χ4n) is 2.29. The molecule has 0 aliphatic heterocycles. The van der Waals surface area contributed by atoms with Gasteiger partial charge in [-0.15, -0.1) is 0 Å². The molecule has 3 heteroatoms. The molecule has 0 spiro atoms. The third-order valence-electron chi connectivity index (χ3n) is 3.10. The summed E-state index contributed by atoms with van der Waals surface area (Å²) in [5.74, 6) is 0.131. The quantitative estimate of drug-likeness (QED) is 0.767. The van der Waals surface area contributed by atoms with Gasteiger partial charge in [-0.05, 0) is 23.6 Å². The molecule has 3 nitrogen and oxygen atoms in total. The van der Waals surface area contributed by atoms with E-state index in [1.54, 1.807) is 6.07 Å². The number of carbonyl (C=O) groups excluding carboxylic acids is 2. The lowest BCUT2D eigenvalue weighted by Crippen LogP contribution is -2.13. The lowest BCUT2D eigenvalue weighted by Gasteiger charge is -2.15. The molecule has 0 bridgehead atoms. The summed E-state index contributed by atoms with van der Waals surface area (Å²) in [5.41, 5.74) is 0.779. The average Bonchev–Trinajstić information content (AvgIpc) is 2.41. The maximum absolute atomic E-state index is 11.9. The largest absolute Gasteiger partial charge is 0.495 e. The van der Waals surface area contributed by atoms with Crippen molar-refractivity contribution in [2.75, 3.05) is 7.11 Å². The lowest BCUT2D eigenvalue weighted by atomic mass is 9.90. The third-order valence-corrected chi connectivity index (χ3v) is 3.10. The number of fused-ring (bicyclic) bond motifs is 2. The number of allylic oxidation sites excluding steroid dienone is 2. The summed E-state index contributed by atoms with van der Waals surface area (Å²) < 4.78 is 5.34. The summed E-state index contributed by atoms with van der Waals surface area (Å²) >= 11 is 0. The summed E-state index contributed by atoms with van der Waals surface area (Å²) in [5, 5.41) is 1.74. The molecule has 0 saturated carbocycles. The van der Waals surface area contributed by atoms with E-state index >= 15 is 0 Å². The summed E-state index contributed by atoms with van der Waals surface area (Å²) in [7, 11) is 1.51. The molecule has 0 amide bonds. The van der Waals surface area contributed by atoms with Crippen LogP contribution in [-0.2, 0) is 0 Å². The van der Waals surface area contributed by atoms with Gasteiger partial charge in [0.15, 0.2) is 11.6 Å². The zero-order valence-corrected chi connectivity index (χ0v) is 9.77. The summed E-state index contributed by atoms with van der Waals surface area (Å²) in [6.07, 6.45) is 2.60. The Morgan fingerprint density at radius 2 is 1.72 bits per heavy atom. The van der Waals surface area contributed by atoms with Crippen molar-refractivity contribution in [3.63, 3.8) is 0 Å². The third kappa shape index (κ3) is 1.37. The molecular weight excluding hydrogens is 228 g/mol. The Morgan fingerprint density at radius 3 is 2.50 bits per heavy atom. The molecule has 2 aromatic carbocycles. The SMILES string of the molecule is COc1c2c(cc3ccccc13)C(=O)C=CC2=O. The zero-order chi connectivity index (χ0) is 12.7. The first-order valence-electron chi connectivity index (χ1n) is 5.59. The highest BCUT2D eigenvalue weighted by Gasteiger charge is 2.25. The molecule has 88 valence electrons. The maximum Gasteiger partial charge on any atom is 0.190 e. The minimum absolute atomic E-state index is 0.159. The minimum Gasteiger partial charge on any atom is -0.495 e. The van der Waals surface area contributed by atoms with E-state index in [0.717, 1.165) is 10.8 Å². The fourth-order valence-corrected chi connectivity index (χ4v) is 2.29. The van der Waals surface area contributed by atoms with Crippen molar-refractivity contribution in [2.24, 2.45) is 0 Å². The molecule has 0 unspecified atom stereocenters. The van der Waals surface area contributed by atoms with E-state index in [4.69, 9.17) is 4.74 Å². The van der Waals surface area contributed by atoms with E-state index in [-0.39, 0.29) is 11.6 Å². The Hall–Kier alpha value is -2.42. The number of carbonyl (C=O) groups is 2. The van der Waals surface area contributed by atoms with E-state index < -0.39 is 0 Å². The van der Waals surface area contributed by atoms with Crippen molar-refractivity contribution >= 4 is 22.3 Å². The molecule has 0 saturated heterocycles. The smallest absolute Gasteiger partial charge is 0.190 e. The van der Waals surface area contributed by atoms with Gasteiger partial charge in [0.1, 0.15) is 5.75 Å². The van der Waals surface area contributed by atoms with Gasteiger partial charge >= 0.3 is 0 Å². The predicted molar refractivity (Wildman–Crippen MR) is 68.3 cm³/mol.